The maximum Gasteiger partial charge on any atom is 2.00 e. The molecular formula is C46H26N6OPt. The molecular weight excluding hydrogens is 848 g/mol. The van der Waals surface area contributed by atoms with E-state index >= 15 is 0 Å². The summed E-state index contributed by atoms with van der Waals surface area (Å²) in [5.41, 5.74) is 10.0. The average molecular weight is 874 g/mol. The van der Waals surface area contributed by atoms with Crippen LogP contribution in [-0.2, 0) is 21.1 Å². The van der Waals surface area contributed by atoms with Crippen LogP contribution in [0.2, 0.25) is 0 Å². The van der Waals surface area contributed by atoms with Gasteiger partial charge in [0.15, 0.2) is 0 Å². The fourth-order valence-corrected chi connectivity index (χ4v) is 7.49. The third-order valence-electron chi connectivity index (χ3n) is 9.84. The van der Waals surface area contributed by atoms with Crippen molar-refractivity contribution in [1.29, 1.82) is 0 Å². The number of nitrogens with zero attached hydrogens (tertiary/aromatic N) is 6. The van der Waals surface area contributed by atoms with Gasteiger partial charge >= 0.3 is 21.1 Å². The molecule has 0 radical (unpaired) electrons. The zero-order valence-electron chi connectivity index (χ0n) is 28.4. The van der Waals surface area contributed by atoms with Crippen LogP contribution in [-0.4, -0.2) is 28.7 Å². The number of ether oxygens (including phenoxy) is 1. The van der Waals surface area contributed by atoms with Gasteiger partial charge in [0.2, 0.25) is 0 Å². The molecule has 0 bridgehead atoms. The van der Waals surface area contributed by atoms with Gasteiger partial charge in [0.25, 0.3) is 0 Å². The second-order valence-electron chi connectivity index (χ2n) is 13.0. The zero-order valence-corrected chi connectivity index (χ0v) is 30.7. The maximum atomic E-state index is 6.59. The molecule has 8 heteroatoms. The van der Waals surface area contributed by atoms with Crippen molar-refractivity contribution < 1.29 is 25.8 Å². The van der Waals surface area contributed by atoms with Gasteiger partial charge < -0.3 is 13.5 Å². The molecule has 0 N–H and O–H groups in total. The first-order valence-electron chi connectivity index (χ1n) is 17.4. The van der Waals surface area contributed by atoms with E-state index in [1.807, 2.05) is 85.2 Å². The summed E-state index contributed by atoms with van der Waals surface area (Å²) in [6, 6.07) is 54.1. The Labute approximate surface area is 323 Å². The molecule has 0 atom stereocenters. The fraction of sp³-hybridized carbons (Fsp3) is 0. The molecule has 54 heavy (non-hydrogen) atoms. The normalized spacial score (nSPS) is 11.6. The van der Waals surface area contributed by atoms with Crippen molar-refractivity contribution >= 4 is 54.9 Å². The Morgan fingerprint density at radius 2 is 1.13 bits per heavy atom. The Hall–Kier alpha value is -6.69. The number of hydrogen-bond donors (Lipinski definition) is 0. The van der Waals surface area contributed by atoms with Crippen LogP contribution in [0.4, 0.5) is 0 Å². The van der Waals surface area contributed by atoms with Crippen molar-refractivity contribution in [2.24, 2.45) is 0 Å². The van der Waals surface area contributed by atoms with Crippen molar-refractivity contribution in [3.8, 4) is 45.3 Å². The predicted molar refractivity (Wildman–Crippen MR) is 210 cm³/mol. The van der Waals surface area contributed by atoms with E-state index in [1.165, 1.54) is 0 Å². The summed E-state index contributed by atoms with van der Waals surface area (Å²) in [5.74, 6) is 1.10. The van der Waals surface area contributed by atoms with Crippen molar-refractivity contribution in [3.63, 3.8) is 0 Å². The standard InChI is InChI=1S/C46H26N6O.Pt/c1-4-12-29(13-5-1)39-28-51-40-19-11-24-47-42(40)35-23-21-33(27-38(35)45(51)49-39)53-32-20-22-34-36-18-10-25-48-44(36)52-43(31-16-8-3-9-17-31)41(30-14-6-2-7-15-30)50-46(52)37(34)26-32;/h1-25,28H;/q-2;+2. The smallest absolute Gasteiger partial charge is 0.497 e. The third-order valence-corrected chi connectivity index (χ3v) is 9.84. The Morgan fingerprint density at radius 1 is 0.500 bits per heavy atom. The Morgan fingerprint density at radius 3 is 1.87 bits per heavy atom. The molecule has 7 nitrogen and oxygen atoms in total. The van der Waals surface area contributed by atoms with Crippen molar-refractivity contribution in [1.82, 2.24) is 28.7 Å². The first kappa shape index (κ1) is 32.0. The van der Waals surface area contributed by atoms with Gasteiger partial charge in [-0.3, -0.25) is 15.0 Å². The second-order valence-corrected chi connectivity index (χ2v) is 13.0. The maximum absolute atomic E-state index is 6.59. The molecule has 256 valence electrons. The zero-order chi connectivity index (χ0) is 34.9. The molecule has 11 rings (SSSR count). The summed E-state index contributed by atoms with van der Waals surface area (Å²) in [6.07, 6.45) is 5.72. The second kappa shape index (κ2) is 12.8. The van der Waals surface area contributed by atoms with Crippen LogP contribution >= 0.6 is 0 Å². The topological polar surface area (TPSA) is 69.6 Å². The molecule has 0 fully saturated rings. The van der Waals surface area contributed by atoms with Crippen LogP contribution in [0.15, 0.2) is 158 Å². The Kier molecular flexibility index (Phi) is 7.56. The van der Waals surface area contributed by atoms with Crippen LogP contribution in [0.5, 0.6) is 11.5 Å². The molecule has 0 saturated heterocycles. The van der Waals surface area contributed by atoms with E-state index in [0.717, 1.165) is 88.7 Å². The Bertz CT molecular complexity index is 3200. The molecule has 0 aliphatic carbocycles. The summed E-state index contributed by atoms with van der Waals surface area (Å²) in [7, 11) is 0. The minimum Gasteiger partial charge on any atom is -0.497 e. The monoisotopic (exact) mass is 873 g/mol. The van der Waals surface area contributed by atoms with Gasteiger partial charge in [-0.15, -0.1) is 12.1 Å². The molecule has 0 unspecified atom stereocenters. The van der Waals surface area contributed by atoms with E-state index in [-0.39, 0.29) is 21.1 Å². The molecule has 0 aliphatic heterocycles. The van der Waals surface area contributed by atoms with Crippen molar-refractivity contribution in [3.05, 3.63) is 170 Å². The largest absolute Gasteiger partial charge is 2.00 e. The van der Waals surface area contributed by atoms with Gasteiger partial charge in [0.1, 0.15) is 5.65 Å². The molecule has 6 heterocycles. The SMILES string of the molecule is [Pt+2].[c-]1c(Oc2[c-]c3c(cc2)c2cccnc2n2c(-c4ccccc4)c(-c4ccccc4)nc32)ccc2c1c1nc(-c3ccccc3)cn1c1cccnc21. The van der Waals surface area contributed by atoms with Crippen LogP contribution < -0.4 is 4.74 Å². The van der Waals surface area contributed by atoms with E-state index in [2.05, 4.69) is 93.9 Å². The molecule has 11 aromatic rings. The van der Waals surface area contributed by atoms with Gasteiger partial charge in [0, 0.05) is 46.8 Å². The van der Waals surface area contributed by atoms with Crippen LogP contribution in [0.25, 0.3) is 88.7 Å². The fourth-order valence-electron chi connectivity index (χ4n) is 7.49. The summed E-state index contributed by atoms with van der Waals surface area (Å²) < 4.78 is 10.9. The van der Waals surface area contributed by atoms with Crippen LogP contribution in [0.3, 0.4) is 0 Å². The number of fused-ring (bicyclic) bond motifs is 12. The van der Waals surface area contributed by atoms with Crippen molar-refractivity contribution in [2.45, 2.75) is 0 Å². The van der Waals surface area contributed by atoms with Crippen LogP contribution in [0, 0.1) is 12.1 Å². The molecule has 0 spiro atoms. The predicted octanol–water partition coefficient (Wildman–Crippen LogP) is 10.8. The van der Waals surface area contributed by atoms with E-state index in [9.17, 15) is 0 Å². The minimum atomic E-state index is 0. The first-order valence-corrected chi connectivity index (χ1v) is 17.4. The van der Waals surface area contributed by atoms with Gasteiger partial charge in [-0.05, 0) is 23.6 Å². The molecule has 0 saturated carbocycles. The Balaban J connectivity index is 0.00000361. The summed E-state index contributed by atoms with van der Waals surface area (Å²) in [6.45, 7) is 0. The number of pyridine rings is 4. The number of aromatic nitrogens is 6. The molecule has 0 amide bonds. The van der Waals surface area contributed by atoms with E-state index in [0.29, 0.717) is 11.5 Å². The van der Waals surface area contributed by atoms with E-state index < -0.39 is 0 Å². The average Bonchev–Trinajstić information content (AvgIpc) is 3.87. The third kappa shape index (κ3) is 5.01. The molecule has 6 aromatic heterocycles. The summed E-state index contributed by atoms with van der Waals surface area (Å²) in [4.78, 5) is 20.1. The van der Waals surface area contributed by atoms with Gasteiger partial charge in [0.05, 0.1) is 39.4 Å². The summed E-state index contributed by atoms with van der Waals surface area (Å²) >= 11 is 0. The van der Waals surface area contributed by atoms with Gasteiger partial charge in [-0.1, -0.05) is 143 Å². The van der Waals surface area contributed by atoms with Gasteiger partial charge in [-0.2, -0.15) is 0 Å². The number of rotatable bonds is 5. The minimum absolute atomic E-state index is 0. The van der Waals surface area contributed by atoms with Crippen LogP contribution in [0.1, 0.15) is 0 Å². The molecule has 0 aliphatic rings. The number of hydrogen-bond acceptors (Lipinski definition) is 5. The van der Waals surface area contributed by atoms with Gasteiger partial charge in [-0.25, -0.2) is 4.98 Å². The van der Waals surface area contributed by atoms with E-state index in [1.54, 1.807) is 0 Å². The van der Waals surface area contributed by atoms with Crippen molar-refractivity contribution in [2.75, 3.05) is 0 Å². The summed E-state index contributed by atoms with van der Waals surface area (Å²) in [5, 5.41) is 4.60. The first-order chi connectivity index (χ1) is 26.3. The quantitative estimate of drug-likeness (QED) is 0.127. The number of benzene rings is 5. The number of imidazole rings is 2. The van der Waals surface area contributed by atoms with E-state index in [4.69, 9.17) is 24.7 Å². The molecule has 5 aromatic carbocycles.